The molecule has 21 nitrogen and oxygen atoms in total. The van der Waals surface area contributed by atoms with Crippen LogP contribution in [0.1, 0.15) is 178 Å². The van der Waals surface area contributed by atoms with Crippen LogP contribution in [-0.2, 0) is 58.5 Å². The van der Waals surface area contributed by atoms with E-state index in [-0.39, 0.29) is 17.3 Å². The van der Waals surface area contributed by atoms with Crippen LogP contribution >= 0.6 is 49.9 Å². The Morgan fingerprint density at radius 1 is 0.480 bits per heavy atom. The second-order valence-corrected chi connectivity index (χ2v) is 30.8. The maximum absolute atomic E-state index is 13.2. The highest BCUT2D eigenvalue weighted by molar-refractivity contribution is 9.11. The Hall–Kier alpha value is -8.36. The number of hydrogen-bond acceptors (Lipinski definition) is 18. The van der Waals surface area contributed by atoms with Gasteiger partial charge in [0, 0.05) is 90.2 Å². The molecular weight excluding hydrogens is 1380 g/mol. The van der Waals surface area contributed by atoms with Crippen molar-refractivity contribution in [3.63, 3.8) is 0 Å². The number of unbranched alkanes of at least 4 members (excludes halogenated alkanes) is 3. The van der Waals surface area contributed by atoms with E-state index in [9.17, 15) is 14.4 Å². The fourth-order valence-electron chi connectivity index (χ4n) is 13.7. The number of aromatic amines is 3. The highest BCUT2D eigenvalue weighted by atomic mass is 79.9. The number of nitrogens with zero attached hydrogens (tertiary/aromatic N) is 14. The third kappa shape index (κ3) is 18.4. The summed E-state index contributed by atoms with van der Waals surface area (Å²) in [7, 11) is 0. The van der Waals surface area contributed by atoms with Crippen LogP contribution < -0.4 is 15.1 Å². The third-order valence-corrected chi connectivity index (χ3v) is 22.6. The van der Waals surface area contributed by atoms with Gasteiger partial charge in [-0.3, -0.25) is 14.4 Å². The Morgan fingerprint density at radius 2 is 0.850 bits per heavy atom. The third-order valence-electron chi connectivity index (χ3n) is 18.9. The molecule has 4 N–H and O–H groups in total. The number of carbonyl (C=O) groups excluding carboxylic acids is 3. The van der Waals surface area contributed by atoms with Gasteiger partial charge < -0.3 is 30.1 Å². The molecule has 0 bridgehead atoms. The van der Waals surface area contributed by atoms with Gasteiger partial charge >= 0.3 is 0 Å². The summed E-state index contributed by atoms with van der Waals surface area (Å²) in [6.45, 7) is 19.8. The lowest BCUT2D eigenvalue weighted by Crippen LogP contribution is -2.34. The first-order chi connectivity index (χ1) is 48.7. The molecule has 12 heterocycles. The number of Topliss-reactive ketones (excluding diaryl/α,β-unsaturated/α-hetero) is 3. The Balaban J connectivity index is 0.000000134. The molecule has 3 aromatic carbocycles. The van der Waals surface area contributed by atoms with Crippen LogP contribution in [0.25, 0.3) is 32.7 Å². The lowest BCUT2D eigenvalue weighted by molar-refractivity contribution is 0.0953. The normalized spacial score (nSPS) is 14.3. The summed E-state index contributed by atoms with van der Waals surface area (Å²) in [6.07, 6.45) is 26.1. The number of halogens is 1. The summed E-state index contributed by atoms with van der Waals surface area (Å²) in [5, 5.41) is 21.9. The second-order valence-electron chi connectivity index (χ2n) is 26.5. The maximum Gasteiger partial charge on any atom is 0.186 e. The first kappa shape index (κ1) is 71.5. The first-order valence-corrected chi connectivity index (χ1v) is 38.7. The number of nitrogens with one attached hydrogen (secondary N) is 4. The number of benzene rings is 3. The van der Waals surface area contributed by atoms with Crippen LogP contribution in [0.5, 0.6) is 0 Å². The van der Waals surface area contributed by atoms with Gasteiger partial charge in [0.15, 0.2) is 31.5 Å². The van der Waals surface area contributed by atoms with Gasteiger partial charge in [-0.25, -0.2) is 43.9 Å². The Morgan fingerprint density at radius 3 is 1.23 bits per heavy atom. The van der Waals surface area contributed by atoms with Crippen molar-refractivity contribution in [2.45, 2.75) is 177 Å². The maximum atomic E-state index is 13.2. The topological polar surface area (TPSA) is 248 Å². The number of aromatic nitrogens is 15. The van der Waals surface area contributed by atoms with E-state index in [1.807, 2.05) is 40.9 Å². The van der Waals surface area contributed by atoms with E-state index in [2.05, 4.69) is 197 Å². The quantitative estimate of drug-likeness (QED) is 0.0368. The summed E-state index contributed by atoms with van der Waals surface area (Å²) in [6, 6.07) is 25.2. The van der Waals surface area contributed by atoms with Gasteiger partial charge in [-0.1, -0.05) is 137 Å². The number of ketones is 3. The second kappa shape index (κ2) is 34.3. The van der Waals surface area contributed by atoms with Gasteiger partial charge in [0.25, 0.3) is 0 Å². The number of anilines is 2. The number of carbonyl (C=O) groups is 3. The van der Waals surface area contributed by atoms with Crippen molar-refractivity contribution < 1.29 is 14.4 Å². The summed E-state index contributed by atoms with van der Waals surface area (Å²) < 4.78 is 6.67. The van der Waals surface area contributed by atoms with Crippen LogP contribution in [0.3, 0.4) is 0 Å². The number of rotatable bonds is 26. The molecule has 0 aliphatic carbocycles. The average Bonchev–Trinajstić information content (AvgIpc) is 1.81. The van der Waals surface area contributed by atoms with Gasteiger partial charge in [0.05, 0.1) is 72.5 Å². The molecule has 0 fully saturated rings. The van der Waals surface area contributed by atoms with Gasteiger partial charge in [-0.15, -0.1) is 11.3 Å². The van der Waals surface area contributed by atoms with Gasteiger partial charge in [0.2, 0.25) is 0 Å². The zero-order valence-electron chi connectivity index (χ0n) is 58.2. The predicted molar refractivity (Wildman–Crippen MR) is 404 cm³/mol. The molecule has 0 saturated heterocycles. The summed E-state index contributed by atoms with van der Waals surface area (Å²) >= 11 is 7.77. The molecule has 12 aromatic rings. The summed E-state index contributed by atoms with van der Waals surface area (Å²) in [5.41, 5.74) is 7.40. The van der Waals surface area contributed by atoms with Crippen molar-refractivity contribution in [3.05, 3.63) is 180 Å². The zero-order chi connectivity index (χ0) is 69.5. The van der Waals surface area contributed by atoms with Crippen molar-refractivity contribution in [2.75, 3.05) is 29.4 Å². The number of para-hydroxylation sites is 3. The number of H-pyrrole nitrogens is 3. The molecule has 25 heteroatoms. The van der Waals surface area contributed by atoms with Crippen LogP contribution in [-0.4, -0.2) is 111 Å². The van der Waals surface area contributed by atoms with E-state index in [1.54, 1.807) is 18.6 Å². The molecule has 0 saturated carbocycles. The van der Waals surface area contributed by atoms with Crippen molar-refractivity contribution >= 4 is 110 Å². The minimum absolute atomic E-state index is 0.204. The lowest BCUT2D eigenvalue weighted by Gasteiger charge is -2.25. The van der Waals surface area contributed by atoms with Gasteiger partial charge in [0.1, 0.15) is 34.9 Å². The molecule has 9 aromatic heterocycles. The monoisotopic (exact) mass is 1470 g/mol. The molecule has 0 spiro atoms. The van der Waals surface area contributed by atoms with E-state index in [1.165, 1.54) is 72.4 Å². The molecule has 3 aliphatic rings. The van der Waals surface area contributed by atoms with E-state index >= 15 is 0 Å². The molecule has 524 valence electrons. The van der Waals surface area contributed by atoms with Crippen LogP contribution in [0.2, 0.25) is 0 Å². The fourth-order valence-corrected chi connectivity index (χ4v) is 16.7. The van der Waals surface area contributed by atoms with Gasteiger partial charge in [-0.2, -0.15) is 15.3 Å². The zero-order valence-corrected chi connectivity index (χ0v) is 62.2. The highest BCUT2D eigenvalue weighted by Gasteiger charge is 2.27. The van der Waals surface area contributed by atoms with E-state index in [0.29, 0.717) is 50.1 Å². The van der Waals surface area contributed by atoms with Crippen molar-refractivity contribution in [1.29, 1.82) is 0 Å². The molecule has 100 heavy (non-hydrogen) atoms. The Kier molecular flexibility index (Phi) is 24.5. The average molecular weight is 1470 g/mol. The predicted octanol–water partition coefficient (Wildman–Crippen LogP) is 16.0. The minimum atomic E-state index is 0.204. The number of hydrogen-bond donors (Lipinski definition) is 4. The molecule has 3 atom stereocenters. The van der Waals surface area contributed by atoms with Crippen LogP contribution in [0, 0.1) is 38.5 Å². The Bertz CT molecular complexity index is 4440. The minimum Gasteiger partial charge on any atom is -0.361 e. The van der Waals surface area contributed by atoms with Crippen LogP contribution in [0.4, 0.5) is 10.3 Å². The molecule has 3 unspecified atom stereocenters. The standard InChI is InChI=1S/2C25H30N6OS.C19H21BrN2OS.C6H10N4/c2*1-3-4-7-18(12-19-14-26-21-9-6-5-8-20(19)21)13-22(32)23-15-27-25(33-23)30-10-11-31-24(16-30)28-17(2)29-31;1-2-3-6-13(10-17(23)18-12-22-19(20)24-18)9-14-11-21-16-8-5-4-7-15(14)16;1-5-8-6-4-7-2-3-10(6)9-5/h2*5-6,8-9,14-15,18,26H,3-4,7,10-13,16H2,1-2H3;4-5,7-8,11-13,21H,2-3,6,9-10H2,1H3;7H,2-4H2,1H3. The van der Waals surface area contributed by atoms with E-state index in [0.717, 1.165) is 198 Å². The SMILES string of the molecule is CCCCC(CC(=O)c1cnc(Br)s1)Cc1c[nH]c2ccccc12.CCCCC(CC(=O)c1cnc(N2CCn3nc(C)nc3C2)s1)Cc1c[nH]c2ccccc12.CCCCC(CC(=O)c1cnc(N2CCn3nc(C)nc3C2)s1)Cc1c[nH]c2ccccc12.Cc1nc2n(n1)CCNC2. The number of aryl methyl sites for hydroxylation is 3. The molecule has 15 rings (SSSR count). The number of fused-ring (bicyclic) bond motifs is 6. The van der Waals surface area contributed by atoms with Crippen molar-refractivity contribution in [2.24, 2.45) is 17.8 Å². The van der Waals surface area contributed by atoms with Crippen molar-refractivity contribution in [3.8, 4) is 0 Å². The first-order valence-electron chi connectivity index (χ1n) is 35.4. The summed E-state index contributed by atoms with van der Waals surface area (Å²) in [5.74, 6) is 7.11. The highest BCUT2D eigenvalue weighted by Crippen LogP contribution is 2.34. The smallest absolute Gasteiger partial charge is 0.186 e. The summed E-state index contributed by atoms with van der Waals surface area (Å²) in [4.78, 5) is 82.3. The fraction of sp³-hybridized carbons (Fsp3) is 0.440. The molecule has 3 aliphatic heterocycles. The number of thiazole rings is 3. The lowest BCUT2D eigenvalue weighted by atomic mass is 9.89. The van der Waals surface area contributed by atoms with Crippen LogP contribution in [0.15, 0.2) is 114 Å². The van der Waals surface area contributed by atoms with Crippen molar-refractivity contribution in [1.82, 2.24) is 79.5 Å². The molecular formula is C75H91BrN18O3S3. The molecule has 0 radical (unpaired) electrons. The Labute approximate surface area is 604 Å². The molecule has 0 amide bonds. The largest absolute Gasteiger partial charge is 0.361 e. The van der Waals surface area contributed by atoms with Gasteiger partial charge in [-0.05, 0) is 128 Å². The van der Waals surface area contributed by atoms with E-state index < -0.39 is 0 Å². The van der Waals surface area contributed by atoms with E-state index in [4.69, 9.17) is 0 Å².